The maximum absolute atomic E-state index is 14.5. The predicted molar refractivity (Wildman–Crippen MR) is 107 cm³/mol. The van der Waals surface area contributed by atoms with E-state index in [4.69, 9.17) is 16.3 Å². The fraction of sp³-hybridized carbons (Fsp3) is 0.333. The van der Waals surface area contributed by atoms with E-state index in [1.165, 1.54) is 18.9 Å². The van der Waals surface area contributed by atoms with Crippen molar-refractivity contribution in [2.24, 2.45) is 0 Å². The number of hydrogen-bond donors (Lipinski definition) is 1. The van der Waals surface area contributed by atoms with E-state index in [9.17, 15) is 4.39 Å². The Morgan fingerprint density at radius 1 is 1.22 bits per heavy atom. The van der Waals surface area contributed by atoms with Crippen LogP contribution in [-0.4, -0.2) is 22.6 Å². The van der Waals surface area contributed by atoms with Crippen LogP contribution in [0.15, 0.2) is 36.5 Å². The van der Waals surface area contributed by atoms with Gasteiger partial charge in [0.25, 0.3) is 0 Å². The number of anilines is 1. The molecule has 140 valence electrons. The molecule has 4 rings (SSSR count). The fourth-order valence-corrected chi connectivity index (χ4v) is 3.89. The second-order valence-electron chi connectivity index (χ2n) is 6.76. The Hall–Kier alpha value is -2.40. The van der Waals surface area contributed by atoms with E-state index in [0.717, 1.165) is 23.7 Å². The summed E-state index contributed by atoms with van der Waals surface area (Å²) in [6.45, 7) is 2.33. The summed E-state index contributed by atoms with van der Waals surface area (Å²) in [5.74, 6) is 0.732. The van der Waals surface area contributed by atoms with Gasteiger partial charge >= 0.3 is 0 Å². The largest absolute Gasteiger partial charge is 0.492 e. The summed E-state index contributed by atoms with van der Waals surface area (Å²) in [5, 5.41) is 4.51. The second-order valence-corrected chi connectivity index (χ2v) is 7.14. The molecule has 1 aliphatic rings. The Morgan fingerprint density at radius 3 is 2.81 bits per heavy atom. The van der Waals surface area contributed by atoms with Gasteiger partial charge in [-0.05, 0) is 49.6 Å². The monoisotopic (exact) mass is 385 g/mol. The van der Waals surface area contributed by atoms with E-state index in [-0.39, 0.29) is 10.8 Å². The normalized spacial score (nSPS) is 14.6. The first-order valence-electron chi connectivity index (χ1n) is 9.30. The number of fused-ring (bicyclic) bond motifs is 1. The van der Waals surface area contributed by atoms with Crippen molar-refractivity contribution in [1.82, 2.24) is 9.97 Å². The van der Waals surface area contributed by atoms with Gasteiger partial charge in [0.05, 0.1) is 17.1 Å². The zero-order valence-corrected chi connectivity index (χ0v) is 15.9. The van der Waals surface area contributed by atoms with Crippen LogP contribution in [0.4, 0.5) is 10.3 Å². The van der Waals surface area contributed by atoms with Crippen LogP contribution in [0.2, 0.25) is 5.02 Å². The SMILES string of the molecule is CCOc1ccc(F)c(-c2ccc3nc(NC4CCCC4)ncc3c2)c1Cl. The molecule has 0 amide bonds. The molecule has 0 spiro atoms. The number of benzene rings is 2. The molecule has 0 aliphatic heterocycles. The molecule has 1 N–H and O–H groups in total. The van der Waals surface area contributed by atoms with Crippen LogP contribution in [-0.2, 0) is 0 Å². The molecular formula is C21H21ClFN3O. The van der Waals surface area contributed by atoms with Gasteiger partial charge in [-0.15, -0.1) is 0 Å². The van der Waals surface area contributed by atoms with Crippen LogP contribution >= 0.6 is 11.6 Å². The molecule has 3 aromatic rings. The van der Waals surface area contributed by atoms with Crippen LogP contribution in [0.3, 0.4) is 0 Å². The summed E-state index contributed by atoms with van der Waals surface area (Å²) < 4.78 is 20.0. The maximum atomic E-state index is 14.5. The number of rotatable bonds is 5. The van der Waals surface area contributed by atoms with Crippen molar-refractivity contribution in [3.05, 3.63) is 47.4 Å². The molecule has 2 aromatic carbocycles. The number of hydrogen-bond acceptors (Lipinski definition) is 4. The van der Waals surface area contributed by atoms with Crippen LogP contribution in [0.1, 0.15) is 32.6 Å². The van der Waals surface area contributed by atoms with E-state index in [0.29, 0.717) is 35.5 Å². The Kier molecular flexibility index (Phi) is 5.12. The molecule has 0 unspecified atom stereocenters. The molecule has 1 saturated carbocycles. The zero-order chi connectivity index (χ0) is 18.8. The predicted octanol–water partition coefficient (Wildman–Crippen LogP) is 5.84. The maximum Gasteiger partial charge on any atom is 0.223 e. The molecule has 6 heteroatoms. The third-order valence-electron chi connectivity index (χ3n) is 4.91. The fourth-order valence-electron chi connectivity index (χ4n) is 3.58. The van der Waals surface area contributed by atoms with E-state index in [1.54, 1.807) is 12.3 Å². The molecule has 0 bridgehead atoms. The van der Waals surface area contributed by atoms with Gasteiger partial charge in [-0.1, -0.05) is 30.5 Å². The van der Waals surface area contributed by atoms with Crippen molar-refractivity contribution in [2.75, 3.05) is 11.9 Å². The van der Waals surface area contributed by atoms with Gasteiger partial charge in [-0.25, -0.2) is 14.4 Å². The molecule has 0 saturated heterocycles. The number of nitrogens with one attached hydrogen (secondary N) is 1. The van der Waals surface area contributed by atoms with Gasteiger partial charge in [-0.3, -0.25) is 0 Å². The second kappa shape index (κ2) is 7.69. The molecular weight excluding hydrogens is 365 g/mol. The van der Waals surface area contributed by atoms with Gasteiger partial charge in [-0.2, -0.15) is 0 Å². The Balaban J connectivity index is 1.69. The van der Waals surface area contributed by atoms with Crippen molar-refractivity contribution in [1.29, 1.82) is 0 Å². The van der Waals surface area contributed by atoms with Crippen molar-refractivity contribution in [2.45, 2.75) is 38.6 Å². The highest BCUT2D eigenvalue weighted by molar-refractivity contribution is 6.34. The summed E-state index contributed by atoms with van der Waals surface area (Å²) >= 11 is 6.39. The molecule has 27 heavy (non-hydrogen) atoms. The lowest BCUT2D eigenvalue weighted by Crippen LogP contribution is -2.16. The third kappa shape index (κ3) is 3.69. The molecule has 0 atom stereocenters. The van der Waals surface area contributed by atoms with Gasteiger partial charge in [0.15, 0.2) is 0 Å². The van der Waals surface area contributed by atoms with Crippen LogP contribution in [0.5, 0.6) is 5.75 Å². The molecule has 4 nitrogen and oxygen atoms in total. The quantitative estimate of drug-likeness (QED) is 0.599. The lowest BCUT2D eigenvalue weighted by Gasteiger charge is -2.13. The summed E-state index contributed by atoms with van der Waals surface area (Å²) in [5.41, 5.74) is 1.82. The number of ether oxygens (including phenoxy) is 1. The minimum absolute atomic E-state index is 0.275. The molecule has 1 fully saturated rings. The lowest BCUT2D eigenvalue weighted by atomic mass is 10.0. The first-order chi connectivity index (χ1) is 13.2. The van der Waals surface area contributed by atoms with Crippen molar-refractivity contribution in [3.8, 4) is 16.9 Å². The van der Waals surface area contributed by atoms with Gasteiger partial charge < -0.3 is 10.1 Å². The highest BCUT2D eigenvalue weighted by atomic mass is 35.5. The van der Waals surface area contributed by atoms with Crippen LogP contribution in [0.25, 0.3) is 22.0 Å². The first-order valence-corrected chi connectivity index (χ1v) is 9.68. The van der Waals surface area contributed by atoms with Crippen LogP contribution < -0.4 is 10.1 Å². The Labute approximate surface area is 162 Å². The van der Waals surface area contributed by atoms with Gasteiger partial charge in [0.1, 0.15) is 11.6 Å². The van der Waals surface area contributed by atoms with E-state index >= 15 is 0 Å². The Bertz CT molecular complexity index is 973. The first kappa shape index (κ1) is 18.0. The lowest BCUT2D eigenvalue weighted by molar-refractivity contribution is 0.340. The molecule has 0 radical (unpaired) electrons. The van der Waals surface area contributed by atoms with Crippen LogP contribution in [0, 0.1) is 5.82 Å². The number of aromatic nitrogens is 2. The molecule has 1 aliphatic carbocycles. The molecule has 1 aromatic heterocycles. The summed E-state index contributed by atoms with van der Waals surface area (Å²) in [7, 11) is 0. The van der Waals surface area contributed by atoms with E-state index in [1.807, 2.05) is 25.1 Å². The minimum atomic E-state index is -0.386. The summed E-state index contributed by atoms with van der Waals surface area (Å²) in [4.78, 5) is 9.02. The Morgan fingerprint density at radius 2 is 2.04 bits per heavy atom. The van der Waals surface area contributed by atoms with Gasteiger partial charge in [0.2, 0.25) is 5.95 Å². The standard InChI is InChI=1S/C21H21ClFN3O/c1-2-27-18-10-8-16(23)19(20(18)22)13-7-9-17-14(11-13)12-24-21(26-17)25-15-5-3-4-6-15/h7-12,15H,2-6H2,1H3,(H,24,25,26). The number of nitrogens with zero attached hydrogens (tertiary/aromatic N) is 2. The third-order valence-corrected chi connectivity index (χ3v) is 5.29. The highest BCUT2D eigenvalue weighted by Gasteiger charge is 2.17. The average Bonchev–Trinajstić information content (AvgIpc) is 3.17. The topological polar surface area (TPSA) is 47.0 Å². The number of halogens is 2. The van der Waals surface area contributed by atoms with E-state index < -0.39 is 0 Å². The van der Waals surface area contributed by atoms with Crippen molar-refractivity contribution in [3.63, 3.8) is 0 Å². The smallest absolute Gasteiger partial charge is 0.223 e. The zero-order valence-electron chi connectivity index (χ0n) is 15.1. The highest BCUT2D eigenvalue weighted by Crippen LogP contribution is 2.38. The van der Waals surface area contributed by atoms with Gasteiger partial charge in [0, 0.05) is 23.2 Å². The van der Waals surface area contributed by atoms with Crippen molar-refractivity contribution >= 4 is 28.5 Å². The average molecular weight is 386 g/mol. The van der Waals surface area contributed by atoms with E-state index in [2.05, 4.69) is 15.3 Å². The van der Waals surface area contributed by atoms with Crippen molar-refractivity contribution < 1.29 is 9.13 Å². The summed E-state index contributed by atoms with van der Waals surface area (Å²) in [6.07, 6.45) is 6.59. The minimum Gasteiger partial charge on any atom is -0.492 e. The summed E-state index contributed by atoms with van der Waals surface area (Å²) in [6, 6.07) is 8.94. The molecule has 1 heterocycles.